The van der Waals surface area contributed by atoms with Crippen LogP contribution in [0.2, 0.25) is 0 Å². The predicted molar refractivity (Wildman–Crippen MR) is 126 cm³/mol. The van der Waals surface area contributed by atoms with Crippen LogP contribution >= 0.6 is 15.9 Å². The second-order valence-corrected chi connectivity index (χ2v) is 13.0. The number of carbonyl (C=O) groups is 1. The van der Waals surface area contributed by atoms with Gasteiger partial charge in [0.05, 0.1) is 16.0 Å². The average molecular weight is 552 g/mol. The van der Waals surface area contributed by atoms with Gasteiger partial charge in [0.15, 0.2) is 0 Å². The fourth-order valence-electron chi connectivity index (χ4n) is 3.47. The Balaban J connectivity index is 1.96. The number of rotatable bonds is 5. The van der Waals surface area contributed by atoms with Gasteiger partial charge in [0, 0.05) is 41.6 Å². The fraction of sp³-hybridized carbons (Fsp3) is 0.591. The summed E-state index contributed by atoms with van der Waals surface area (Å²) in [5.41, 5.74) is 0.0670. The average Bonchev–Trinajstić information content (AvgIpc) is 2.94. The van der Waals surface area contributed by atoms with Crippen LogP contribution in [0.4, 0.5) is 18.0 Å². The highest BCUT2D eigenvalue weighted by molar-refractivity contribution is 9.10. The first-order valence-electron chi connectivity index (χ1n) is 10.5. The minimum atomic E-state index is -2.87. The maximum atomic E-state index is 14.4. The number of halogens is 4. The molecule has 0 spiro atoms. The highest BCUT2D eigenvalue weighted by Gasteiger charge is 2.39. The molecular formula is C22H29BrF3N3O3S. The number of hydrogen-bond donors (Lipinski definition) is 1. The summed E-state index contributed by atoms with van der Waals surface area (Å²) in [5.74, 6) is -0.588. The van der Waals surface area contributed by atoms with Crippen LogP contribution in [0, 0.1) is 5.82 Å². The van der Waals surface area contributed by atoms with E-state index in [2.05, 4.69) is 20.7 Å². The number of nitrogens with one attached hydrogen (secondary N) is 1. The zero-order valence-electron chi connectivity index (χ0n) is 19.4. The Hall–Kier alpha value is -1.43. The van der Waals surface area contributed by atoms with Crippen molar-refractivity contribution in [2.75, 3.05) is 13.1 Å². The molecular weight excluding hydrogens is 523 g/mol. The molecule has 0 saturated carbocycles. The molecule has 0 radical (unpaired) electrons. The summed E-state index contributed by atoms with van der Waals surface area (Å²) in [6.45, 7) is 11.0. The molecule has 184 valence electrons. The zero-order valence-corrected chi connectivity index (χ0v) is 21.8. The van der Waals surface area contributed by atoms with Gasteiger partial charge >= 0.3 is 6.09 Å². The van der Waals surface area contributed by atoms with Gasteiger partial charge in [-0.05, 0) is 69.6 Å². The first-order valence-corrected chi connectivity index (χ1v) is 12.5. The number of likely N-dealkylation sites (tertiary alicyclic amines) is 1. The Morgan fingerprint density at radius 1 is 1.24 bits per heavy atom. The molecule has 1 N–H and O–H groups in total. The second kappa shape index (κ2) is 9.31. The predicted octanol–water partition coefficient (Wildman–Crippen LogP) is 5.69. The van der Waals surface area contributed by atoms with Gasteiger partial charge in [-0.2, -0.15) is 0 Å². The summed E-state index contributed by atoms with van der Waals surface area (Å²) < 4.78 is 64.3. The molecule has 1 saturated heterocycles. The van der Waals surface area contributed by atoms with Crippen molar-refractivity contribution in [1.29, 1.82) is 0 Å². The van der Waals surface area contributed by atoms with E-state index in [4.69, 9.17) is 4.74 Å². The van der Waals surface area contributed by atoms with Crippen LogP contribution in [0.5, 0.6) is 0 Å². The summed E-state index contributed by atoms with van der Waals surface area (Å²) in [7, 11) is 0. The van der Waals surface area contributed by atoms with Crippen LogP contribution in [0.25, 0.3) is 10.9 Å². The van der Waals surface area contributed by atoms with E-state index in [9.17, 15) is 22.5 Å². The SMILES string of the molecule is CC(C)(C)OC(=O)N1CC(n2cc([C@H](N[S@@+]([O-])C(C)(C)C)C(F)F)c3cc(F)c(Br)cc32)C1. The van der Waals surface area contributed by atoms with Crippen molar-refractivity contribution in [3.63, 3.8) is 0 Å². The summed E-state index contributed by atoms with van der Waals surface area (Å²) in [6, 6.07) is 0.981. The van der Waals surface area contributed by atoms with E-state index in [1.54, 1.807) is 46.1 Å². The lowest BCUT2D eigenvalue weighted by Gasteiger charge is -2.40. The molecule has 3 rings (SSSR count). The highest BCUT2D eigenvalue weighted by Crippen LogP contribution is 2.37. The number of hydrogen-bond acceptors (Lipinski definition) is 4. The van der Waals surface area contributed by atoms with Crippen molar-refractivity contribution in [2.24, 2.45) is 0 Å². The number of nitrogens with zero attached hydrogens (tertiary/aromatic N) is 2. The van der Waals surface area contributed by atoms with E-state index < -0.39 is 46.1 Å². The van der Waals surface area contributed by atoms with Gasteiger partial charge in [0.2, 0.25) is 0 Å². The lowest BCUT2D eigenvalue weighted by Crippen LogP contribution is -2.52. The number of alkyl halides is 2. The van der Waals surface area contributed by atoms with Crippen LogP contribution < -0.4 is 4.72 Å². The number of benzene rings is 1. The van der Waals surface area contributed by atoms with Crippen LogP contribution in [0.3, 0.4) is 0 Å². The third-order valence-electron chi connectivity index (χ3n) is 5.19. The number of ether oxygens (including phenoxy) is 1. The third-order valence-corrected chi connectivity index (χ3v) is 7.38. The molecule has 1 fully saturated rings. The Morgan fingerprint density at radius 3 is 2.36 bits per heavy atom. The Kier molecular flexibility index (Phi) is 7.39. The monoisotopic (exact) mass is 551 g/mol. The van der Waals surface area contributed by atoms with Crippen molar-refractivity contribution in [2.45, 2.75) is 70.4 Å². The molecule has 2 aromatic rings. The topological polar surface area (TPSA) is 69.6 Å². The van der Waals surface area contributed by atoms with Crippen LogP contribution in [-0.4, -0.2) is 50.0 Å². The largest absolute Gasteiger partial charge is 0.598 e. The number of amides is 1. The number of aromatic nitrogens is 1. The molecule has 0 aliphatic carbocycles. The summed E-state index contributed by atoms with van der Waals surface area (Å²) in [4.78, 5) is 13.8. The fourth-order valence-corrected chi connectivity index (χ4v) is 4.61. The first-order chi connectivity index (χ1) is 15.1. The smallest absolute Gasteiger partial charge is 0.410 e. The van der Waals surface area contributed by atoms with Gasteiger partial charge in [0.25, 0.3) is 6.43 Å². The van der Waals surface area contributed by atoms with E-state index in [1.165, 1.54) is 23.2 Å². The van der Waals surface area contributed by atoms with E-state index in [0.717, 1.165) is 0 Å². The van der Waals surface area contributed by atoms with Gasteiger partial charge in [-0.3, -0.25) is 0 Å². The minimum absolute atomic E-state index is 0.153. The molecule has 1 aliphatic rings. The van der Waals surface area contributed by atoms with Crippen molar-refractivity contribution in [3.05, 3.63) is 34.2 Å². The molecule has 1 amide bonds. The molecule has 2 heterocycles. The third kappa shape index (κ3) is 5.80. The van der Waals surface area contributed by atoms with Crippen molar-refractivity contribution in [1.82, 2.24) is 14.2 Å². The molecule has 1 aromatic carbocycles. The summed E-state index contributed by atoms with van der Waals surface area (Å²) in [5, 5.41) is 0.301. The van der Waals surface area contributed by atoms with Gasteiger partial charge < -0.3 is 18.8 Å². The van der Waals surface area contributed by atoms with Crippen molar-refractivity contribution < 1.29 is 27.3 Å². The molecule has 6 nitrogen and oxygen atoms in total. The second-order valence-electron chi connectivity index (χ2n) is 10.1. The van der Waals surface area contributed by atoms with E-state index in [-0.39, 0.29) is 16.1 Å². The normalized spacial score (nSPS) is 17.4. The van der Waals surface area contributed by atoms with Gasteiger partial charge in [0.1, 0.15) is 22.2 Å². The van der Waals surface area contributed by atoms with E-state index in [0.29, 0.717) is 24.0 Å². The molecule has 11 heteroatoms. The van der Waals surface area contributed by atoms with E-state index in [1.807, 2.05) is 0 Å². The lowest BCUT2D eigenvalue weighted by molar-refractivity contribution is 0.00155. The summed E-state index contributed by atoms with van der Waals surface area (Å²) >= 11 is 1.40. The Bertz CT molecular complexity index is 1030. The summed E-state index contributed by atoms with van der Waals surface area (Å²) in [6.07, 6.45) is -1.78. The molecule has 1 aliphatic heterocycles. The molecule has 0 unspecified atom stereocenters. The zero-order chi connectivity index (χ0) is 24.9. The highest BCUT2D eigenvalue weighted by atomic mass is 79.9. The molecule has 1 aromatic heterocycles. The number of carbonyl (C=O) groups excluding carboxylic acids is 1. The van der Waals surface area contributed by atoms with Crippen molar-refractivity contribution >= 4 is 44.3 Å². The van der Waals surface area contributed by atoms with Crippen LogP contribution in [0.15, 0.2) is 22.8 Å². The molecule has 33 heavy (non-hydrogen) atoms. The maximum Gasteiger partial charge on any atom is 0.410 e. The molecule has 2 atom stereocenters. The molecule has 0 bridgehead atoms. The minimum Gasteiger partial charge on any atom is -0.598 e. The number of fused-ring (bicyclic) bond motifs is 1. The quantitative estimate of drug-likeness (QED) is 0.484. The standard InChI is InChI=1S/C22H29BrF3N3O3S/c1-21(2,3)32-20(30)28-9-12(10-28)29-11-14(13-7-16(24)15(23)8-17(13)29)18(19(25)26)27-33(31)22(4,5)6/h7-8,11-12,18-19,27H,9-10H2,1-6H3/t18-,33-/m0/s1. The first kappa shape index (κ1) is 26.2. The van der Waals surface area contributed by atoms with Crippen molar-refractivity contribution in [3.8, 4) is 0 Å². The Labute approximate surface area is 203 Å². The van der Waals surface area contributed by atoms with Gasteiger partial charge in [-0.25, -0.2) is 18.0 Å². The lowest BCUT2D eigenvalue weighted by atomic mass is 10.1. The van der Waals surface area contributed by atoms with Gasteiger partial charge in [-0.1, -0.05) is 0 Å². The van der Waals surface area contributed by atoms with Crippen LogP contribution in [0.1, 0.15) is 59.2 Å². The van der Waals surface area contributed by atoms with E-state index >= 15 is 0 Å². The maximum absolute atomic E-state index is 14.4. The van der Waals surface area contributed by atoms with Gasteiger partial charge in [-0.15, -0.1) is 4.72 Å². The Morgan fingerprint density at radius 2 is 1.85 bits per heavy atom. The van der Waals surface area contributed by atoms with Crippen LogP contribution in [-0.2, 0) is 16.1 Å².